The van der Waals surface area contributed by atoms with E-state index in [1.165, 1.54) is 28.6 Å². The molecule has 0 radical (unpaired) electrons. The molecule has 0 unspecified atom stereocenters. The number of rotatable bonds is 6. The van der Waals surface area contributed by atoms with Crippen LogP contribution in [0.1, 0.15) is 12.8 Å². The summed E-state index contributed by atoms with van der Waals surface area (Å²) in [6.45, 7) is 0.934. The van der Waals surface area contributed by atoms with E-state index >= 15 is 0 Å². The van der Waals surface area contributed by atoms with Gasteiger partial charge in [0.2, 0.25) is 15.9 Å². The van der Waals surface area contributed by atoms with E-state index in [0.29, 0.717) is 23.7 Å². The summed E-state index contributed by atoms with van der Waals surface area (Å²) in [5.74, 6) is -0.756. The van der Waals surface area contributed by atoms with Crippen LogP contribution in [0.25, 0.3) is 0 Å². The number of sulfonamides is 1. The van der Waals surface area contributed by atoms with Gasteiger partial charge in [-0.3, -0.25) is 4.79 Å². The molecule has 0 aliphatic carbocycles. The summed E-state index contributed by atoms with van der Waals surface area (Å²) < 4.78 is 40.5. The zero-order valence-corrected chi connectivity index (χ0v) is 16.7. The smallest absolute Gasteiger partial charge is 0.244 e. The summed E-state index contributed by atoms with van der Waals surface area (Å²) in [5, 5.41) is 2.75. The van der Waals surface area contributed by atoms with Gasteiger partial charge in [-0.25, -0.2) is 12.8 Å². The number of hydrogen-bond acceptors (Lipinski definition) is 4. The van der Waals surface area contributed by atoms with Crippen LogP contribution in [-0.2, 0) is 14.8 Å². The van der Waals surface area contributed by atoms with E-state index in [9.17, 15) is 17.6 Å². The van der Waals surface area contributed by atoms with Crippen molar-refractivity contribution in [2.75, 3.05) is 24.2 Å². The van der Waals surface area contributed by atoms with Gasteiger partial charge >= 0.3 is 0 Å². The maximum Gasteiger partial charge on any atom is 0.244 e. The topological polar surface area (TPSA) is 66.5 Å². The number of anilines is 1. The zero-order chi connectivity index (χ0) is 19.4. The molecule has 5 nitrogen and oxygen atoms in total. The fourth-order valence-corrected chi connectivity index (χ4v) is 5.51. The lowest BCUT2D eigenvalue weighted by Gasteiger charge is -2.17. The Morgan fingerprint density at radius 2 is 1.89 bits per heavy atom. The Morgan fingerprint density at radius 1 is 1.19 bits per heavy atom. The number of carbonyl (C=O) groups is 1. The molecule has 0 aromatic heterocycles. The number of hydrogen-bond donors (Lipinski definition) is 1. The Kier molecular flexibility index (Phi) is 6.41. The maximum absolute atomic E-state index is 13.6. The molecule has 0 saturated carbocycles. The highest BCUT2D eigenvalue weighted by Crippen LogP contribution is 2.30. The van der Waals surface area contributed by atoms with Crippen LogP contribution >= 0.6 is 23.4 Å². The van der Waals surface area contributed by atoms with Crippen molar-refractivity contribution < 1.29 is 17.6 Å². The number of halogens is 2. The lowest BCUT2D eigenvalue weighted by Crippen LogP contribution is -2.28. The molecule has 1 amide bonds. The quantitative estimate of drug-likeness (QED) is 0.706. The normalized spacial score (nSPS) is 15.0. The molecule has 1 fully saturated rings. The lowest BCUT2D eigenvalue weighted by molar-refractivity contribution is -0.113. The van der Waals surface area contributed by atoms with Crippen molar-refractivity contribution in [2.45, 2.75) is 22.6 Å². The number of amides is 1. The van der Waals surface area contributed by atoms with Crippen molar-refractivity contribution in [1.82, 2.24) is 4.31 Å². The zero-order valence-electron chi connectivity index (χ0n) is 14.3. The van der Waals surface area contributed by atoms with Crippen molar-refractivity contribution in [2.24, 2.45) is 0 Å². The van der Waals surface area contributed by atoms with Gasteiger partial charge in [-0.15, -0.1) is 11.8 Å². The summed E-state index contributed by atoms with van der Waals surface area (Å²) in [4.78, 5) is 12.5. The van der Waals surface area contributed by atoms with E-state index < -0.39 is 10.0 Å². The minimum Gasteiger partial charge on any atom is -0.325 e. The molecule has 0 atom stereocenters. The van der Waals surface area contributed by atoms with Gasteiger partial charge in [-0.05, 0) is 43.2 Å². The molecule has 1 N–H and O–H groups in total. The molecule has 1 heterocycles. The minimum absolute atomic E-state index is 0.00221. The van der Waals surface area contributed by atoms with Crippen molar-refractivity contribution in [3.05, 3.63) is 53.3 Å². The van der Waals surface area contributed by atoms with Crippen LogP contribution in [0.3, 0.4) is 0 Å². The summed E-state index contributed by atoms with van der Waals surface area (Å²) in [6.07, 6.45) is 1.64. The molecular formula is C18H18ClFN2O3S2. The van der Waals surface area contributed by atoms with Gasteiger partial charge in [0.15, 0.2) is 0 Å². The number of nitrogens with one attached hydrogen (secondary N) is 1. The number of thioether (sulfide) groups is 1. The van der Waals surface area contributed by atoms with Gasteiger partial charge in [-0.1, -0.05) is 23.7 Å². The average Bonchev–Trinajstić information content (AvgIpc) is 3.18. The third kappa shape index (κ3) is 4.82. The van der Waals surface area contributed by atoms with Crippen molar-refractivity contribution in [3.8, 4) is 0 Å². The molecule has 3 rings (SSSR count). The Labute approximate surface area is 166 Å². The summed E-state index contributed by atoms with van der Waals surface area (Å²) in [6, 6.07) is 10.5. The molecular weight excluding hydrogens is 411 g/mol. The number of carbonyl (C=O) groups excluding carboxylic acids is 1. The van der Waals surface area contributed by atoms with Gasteiger partial charge in [0.25, 0.3) is 0 Å². The highest BCUT2D eigenvalue weighted by Gasteiger charge is 2.29. The van der Waals surface area contributed by atoms with Crippen LogP contribution < -0.4 is 5.32 Å². The van der Waals surface area contributed by atoms with E-state index in [1.807, 2.05) is 0 Å². The van der Waals surface area contributed by atoms with E-state index in [4.69, 9.17) is 11.6 Å². The van der Waals surface area contributed by atoms with Crippen LogP contribution in [0.5, 0.6) is 0 Å². The summed E-state index contributed by atoms with van der Waals surface area (Å²) in [7, 11) is -3.69. The SMILES string of the molecule is O=C(CSc1ccccc1F)Nc1ccc(Cl)c(S(=O)(=O)N2CCCC2)c1. The molecule has 1 aliphatic rings. The number of nitrogens with zero attached hydrogens (tertiary/aromatic N) is 1. The third-order valence-electron chi connectivity index (χ3n) is 4.09. The highest BCUT2D eigenvalue weighted by molar-refractivity contribution is 8.00. The fourth-order valence-electron chi connectivity index (χ4n) is 2.75. The van der Waals surface area contributed by atoms with Gasteiger partial charge in [0.1, 0.15) is 10.7 Å². The van der Waals surface area contributed by atoms with E-state index in [0.717, 1.165) is 24.6 Å². The van der Waals surface area contributed by atoms with E-state index in [1.54, 1.807) is 18.2 Å². The number of benzene rings is 2. The van der Waals surface area contributed by atoms with E-state index in [2.05, 4.69) is 5.32 Å². The Balaban J connectivity index is 1.70. The molecule has 2 aromatic rings. The maximum atomic E-state index is 13.6. The monoisotopic (exact) mass is 428 g/mol. The van der Waals surface area contributed by atoms with Gasteiger partial charge in [-0.2, -0.15) is 4.31 Å². The standard InChI is InChI=1S/C18H18ClFN2O3S2/c19-14-8-7-13(11-17(14)27(24,25)22-9-3-4-10-22)21-18(23)12-26-16-6-2-1-5-15(16)20/h1-2,5-8,11H,3-4,9-10,12H2,(H,21,23). The molecule has 0 spiro atoms. The lowest BCUT2D eigenvalue weighted by atomic mass is 10.3. The third-order valence-corrected chi connectivity index (χ3v) is 7.52. The first kappa shape index (κ1) is 20.1. The second-order valence-electron chi connectivity index (χ2n) is 6.02. The predicted octanol–water partition coefficient (Wildman–Crippen LogP) is 3.99. The minimum atomic E-state index is -3.69. The van der Waals surface area contributed by atoms with Crippen LogP contribution in [0.15, 0.2) is 52.3 Å². The first-order chi connectivity index (χ1) is 12.9. The first-order valence-corrected chi connectivity index (χ1v) is 11.1. The molecule has 9 heteroatoms. The van der Waals surface area contributed by atoms with Crippen molar-refractivity contribution in [3.63, 3.8) is 0 Å². The van der Waals surface area contributed by atoms with Crippen LogP contribution in [0, 0.1) is 5.82 Å². The largest absolute Gasteiger partial charge is 0.325 e. The highest BCUT2D eigenvalue weighted by atomic mass is 35.5. The average molecular weight is 429 g/mol. The van der Waals surface area contributed by atoms with Crippen molar-refractivity contribution >= 4 is 45.0 Å². The molecule has 144 valence electrons. The summed E-state index contributed by atoms with van der Waals surface area (Å²) in [5.41, 5.74) is 0.330. The van der Waals surface area contributed by atoms with Crippen molar-refractivity contribution in [1.29, 1.82) is 0 Å². The van der Waals surface area contributed by atoms with Gasteiger partial charge in [0, 0.05) is 23.7 Å². The summed E-state index contributed by atoms with van der Waals surface area (Å²) >= 11 is 7.16. The second-order valence-corrected chi connectivity index (χ2v) is 9.35. The van der Waals surface area contributed by atoms with Crippen LogP contribution in [0.2, 0.25) is 5.02 Å². The first-order valence-electron chi connectivity index (χ1n) is 8.35. The predicted molar refractivity (Wildman–Crippen MR) is 105 cm³/mol. The molecule has 1 saturated heterocycles. The Hall–Kier alpha value is -1.61. The molecule has 2 aromatic carbocycles. The second kappa shape index (κ2) is 8.60. The van der Waals surface area contributed by atoms with Gasteiger partial charge < -0.3 is 5.32 Å². The molecule has 1 aliphatic heterocycles. The molecule has 27 heavy (non-hydrogen) atoms. The molecule has 0 bridgehead atoms. The Morgan fingerprint density at radius 3 is 2.59 bits per heavy atom. The van der Waals surface area contributed by atoms with Crippen LogP contribution in [0.4, 0.5) is 10.1 Å². The fraction of sp³-hybridized carbons (Fsp3) is 0.278. The Bertz CT molecular complexity index is 947. The van der Waals surface area contributed by atoms with Gasteiger partial charge in [0.05, 0.1) is 10.8 Å². The van der Waals surface area contributed by atoms with E-state index in [-0.39, 0.29) is 27.4 Å². The van der Waals surface area contributed by atoms with Crippen LogP contribution in [-0.4, -0.2) is 37.5 Å².